The number of hydrogen-bond donors (Lipinski definition) is 0. The van der Waals surface area contributed by atoms with Crippen LogP contribution in [-0.2, 0) is 10.2 Å². The Hall–Kier alpha value is -1.51. The molecule has 0 amide bonds. The molecule has 18 heavy (non-hydrogen) atoms. The van der Waals surface area contributed by atoms with E-state index in [4.69, 9.17) is 4.74 Å². The van der Waals surface area contributed by atoms with Crippen LogP contribution in [0.5, 0.6) is 5.75 Å². The molecule has 0 heterocycles. The molecule has 0 bridgehead atoms. The fourth-order valence-electron chi connectivity index (χ4n) is 1.69. The van der Waals surface area contributed by atoms with Crippen LogP contribution in [0.1, 0.15) is 46.1 Å². The summed E-state index contributed by atoms with van der Waals surface area (Å²) in [6, 6.07) is 7.57. The third-order valence-electron chi connectivity index (χ3n) is 2.79. The van der Waals surface area contributed by atoms with E-state index in [-0.39, 0.29) is 5.41 Å². The van der Waals surface area contributed by atoms with Crippen molar-refractivity contribution in [3.63, 3.8) is 0 Å². The standard InChI is InChI=1S/C15H22O3/c1-5-7-13(14(16)17)18-12-9-6-8-11(10-12)15(2,3)4/h6,8-10,13H,5,7H2,1-4H3,(H,16,17)/p-1. The first-order valence-electron chi connectivity index (χ1n) is 6.32. The molecule has 100 valence electrons. The highest BCUT2D eigenvalue weighted by molar-refractivity contribution is 5.70. The van der Waals surface area contributed by atoms with Crippen LogP contribution in [0.15, 0.2) is 24.3 Å². The molecular formula is C15H21O3-. The second-order valence-corrected chi connectivity index (χ2v) is 5.49. The zero-order valence-electron chi connectivity index (χ0n) is 11.5. The lowest BCUT2D eigenvalue weighted by molar-refractivity contribution is -0.313. The molecule has 0 aliphatic carbocycles. The number of carboxylic acids is 1. The lowest BCUT2D eigenvalue weighted by atomic mass is 9.87. The second-order valence-electron chi connectivity index (χ2n) is 5.49. The van der Waals surface area contributed by atoms with Gasteiger partial charge >= 0.3 is 0 Å². The molecule has 3 heteroatoms. The molecule has 0 aliphatic rings. The molecule has 0 N–H and O–H groups in total. The molecule has 0 spiro atoms. The maximum Gasteiger partial charge on any atom is 0.138 e. The Balaban J connectivity index is 2.87. The first kappa shape index (κ1) is 14.6. The van der Waals surface area contributed by atoms with Crippen LogP contribution in [0, 0.1) is 0 Å². The maximum absolute atomic E-state index is 10.9. The Morgan fingerprint density at radius 2 is 2.06 bits per heavy atom. The van der Waals surface area contributed by atoms with E-state index in [2.05, 4.69) is 20.8 Å². The predicted octanol–water partition coefficient (Wildman–Crippen LogP) is 2.28. The van der Waals surface area contributed by atoms with Crippen molar-refractivity contribution in [2.75, 3.05) is 0 Å². The van der Waals surface area contributed by atoms with E-state index in [1.807, 2.05) is 25.1 Å². The minimum Gasteiger partial charge on any atom is -0.546 e. The molecule has 0 saturated carbocycles. The van der Waals surface area contributed by atoms with Gasteiger partial charge in [0, 0.05) is 0 Å². The van der Waals surface area contributed by atoms with Crippen molar-refractivity contribution >= 4 is 5.97 Å². The summed E-state index contributed by atoms with van der Waals surface area (Å²) in [5.41, 5.74) is 1.13. The van der Waals surface area contributed by atoms with Gasteiger partial charge in [0.1, 0.15) is 11.9 Å². The summed E-state index contributed by atoms with van der Waals surface area (Å²) in [7, 11) is 0. The summed E-state index contributed by atoms with van der Waals surface area (Å²) in [5.74, 6) is -0.567. The number of rotatable bonds is 5. The number of carbonyl (C=O) groups is 1. The van der Waals surface area contributed by atoms with Crippen LogP contribution < -0.4 is 9.84 Å². The Morgan fingerprint density at radius 3 is 2.56 bits per heavy atom. The van der Waals surface area contributed by atoms with Gasteiger partial charge in [0.25, 0.3) is 0 Å². The fraction of sp³-hybridized carbons (Fsp3) is 0.533. The van der Waals surface area contributed by atoms with Crippen molar-refractivity contribution in [1.82, 2.24) is 0 Å². The van der Waals surface area contributed by atoms with Crippen LogP contribution in [0.3, 0.4) is 0 Å². The van der Waals surface area contributed by atoms with Crippen molar-refractivity contribution in [2.24, 2.45) is 0 Å². The monoisotopic (exact) mass is 249 g/mol. The molecule has 0 saturated heterocycles. The minimum atomic E-state index is -1.15. The lowest BCUT2D eigenvalue weighted by Gasteiger charge is -2.23. The molecule has 1 aromatic rings. The van der Waals surface area contributed by atoms with Gasteiger partial charge in [0.2, 0.25) is 0 Å². The summed E-state index contributed by atoms with van der Waals surface area (Å²) in [6.07, 6.45) is 0.338. The maximum atomic E-state index is 10.9. The van der Waals surface area contributed by atoms with Gasteiger partial charge in [0.05, 0.1) is 5.97 Å². The lowest BCUT2D eigenvalue weighted by Crippen LogP contribution is -2.39. The zero-order valence-corrected chi connectivity index (χ0v) is 11.5. The number of carboxylic acid groups (broad SMARTS) is 1. The quantitative estimate of drug-likeness (QED) is 0.804. The van der Waals surface area contributed by atoms with E-state index in [9.17, 15) is 9.90 Å². The highest BCUT2D eigenvalue weighted by Crippen LogP contribution is 2.26. The van der Waals surface area contributed by atoms with E-state index >= 15 is 0 Å². The van der Waals surface area contributed by atoms with Gasteiger partial charge < -0.3 is 14.6 Å². The molecule has 0 fully saturated rings. The van der Waals surface area contributed by atoms with E-state index in [1.165, 1.54) is 0 Å². The smallest absolute Gasteiger partial charge is 0.138 e. The number of hydrogen-bond acceptors (Lipinski definition) is 3. The van der Waals surface area contributed by atoms with Gasteiger partial charge in [-0.25, -0.2) is 0 Å². The molecule has 0 aliphatic heterocycles. The van der Waals surface area contributed by atoms with Gasteiger partial charge in [-0.15, -0.1) is 0 Å². The second kappa shape index (κ2) is 5.89. The SMILES string of the molecule is CCCC(Oc1cccc(C(C)(C)C)c1)C(=O)[O-]. The zero-order chi connectivity index (χ0) is 13.8. The average Bonchev–Trinajstić information content (AvgIpc) is 2.27. The van der Waals surface area contributed by atoms with Gasteiger partial charge in [-0.05, 0) is 29.5 Å². The molecule has 3 nitrogen and oxygen atoms in total. The van der Waals surface area contributed by atoms with E-state index in [0.29, 0.717) is 12.2 Å². The van der Waals surface area contributed by atoms with Crippen LogP contribution >= 0.6 is 0 Å². The van der Waals surface area contributed by atoms with Crippen LogP contribution in [0.25, 0.3) is 0 Å². The van der Waals surface area contributed by atoms with Crippen LogP contribution in [0.2, 0.25) is 0 Å². The number of ether oxygens (including phenoxy) is 1. The van der Waals surface area contributed by atoms with E-state index < -0.39 is 12.1 Å². The van der Waals surface area contributed by atoms with E-state index in [0.717, 1.165) is 12.0 Å². The van der Waals surface area contributed by atoms with Gasteiger partial charge in [-0.1, -0.05) is 46.2 Å². The van der Waals surface area contributed by atoms with Crippen molar-refractivity contribution < 1.29 is 14.6 Å². The molecular weight excluding hydrogens is 228 g/mol. The Labute approximate surface area is 109 Å². The molecule has 1 unspecified atom stereocenters. The van der Waals surface area contributed by atoms with Gasteiger partial charge in [0.15, 0.2) is 0 Å². The Kier molecular flexibility index (Phi) is 4.76. The molecule has 1 aromatic carbocycles. The van der Waals surface area contributed by atoms with Crippen molar-refractivity contribution in [1.29, 1.82) is 0 Å². The number of benzene rings is 1. The van der Waals surface area contributed by atoms with Crippen LogP contribution in [-0.4, -0.2) is 12.1 Å². The normalized spacial score (nSPS) is 13.1. The van der Waals surface area contributed by atoms with E-state index in [1.54, 1.807) is 6.07 Å². The highest BCUT2D eigenvalue weighted by atomic mass is 16.5. The predicted molar refractivity (Wildman–Crippen MR) is 69.5 cm³/mol. The first-order valence-corrected chi connectivity index (χ1v) is 6.32. The fourth-order valence-corrected chi connectivity index (χ4v) is 1.69. The topological polar surface area (TPSA) is 49.4 Å². The average molecular weight is 249 g/mol. The molecule has 1 rings (SSSR count). The Bertz CT molecular complexity index is 404. The summed E-state index contributed by atoms with van der Waals surface area (Å²) >= 11 is 0. The summed E-state index contributed by atoms with van der Waals surface area (Å²) in [4.78, 5) is 10.9. The molecule has 0 aromatic heterocycles. The van der Waals surface area contributed by atoms with Crippen molar-refractivity contribution in [3.05, 3.63) is 29.8 Å². The third-order valence-corrected chi connectivity index (χ3v) is 2.79. The van der Waals surface area contributed by atoms with Gasteiger partial charge in [-0.3, -0.25) is 0 Å². The van der Waals surface area contributed by atoms with Crippen molar-refractivity contribution in [2.45, 2.75) is 52.1 Å². The largest absolute Gasteiger partial charge is 0.546 e. The highest BCUT2D eigenvalue weighted by Gasteiger charge is 2.16. The Morgan fingerprint density at radius 1 is 1.39 bits per heavy atom. The number of carbonyl (C=O) groups excluding carboxylic acids is 1. The van der Waals surface area contributed by atoms with Gasteiger partial charge in [-0.2, -0.15) is 0 Å². The third kappa shape index (κ3) is 4.06. The summed E-state index contributed by atoms with van der Waals surface area (Å²) < 4.78 is 5.49. The molecule has 1 atom stereocenters. The van der Waals surface area contributed by atoms with Crippen LogP contribution in [0.4, 0.5) is 0 Å². The molecule has 0 radical (unpaired) electrons. The minimum absolute atomic E-state index is 0.0150. The summed E-state index contributed by atoms with van der Waals surface area (Å²) in [6.45, 7) is 8.24. The van der Waals surface area contributed by atoms with Crippen molar-refractivity contribution in [3.8, 4) is 5.75 Å². The first-order chi connectivity index (χ1) is 8.34. The summed E-state index contributed by atoms with van der Waals surface area (Å²) in [5, 5.41) is 10.9. The number of aliphatic carboxylic acids is 1.